The molecule has 176 valence electrons. The van der Waals surface area contributed by atoms with E-state index in [0.29, 0.717) is 49.4 Å². The summed E-state index contributed by atoms with van der Waals surface area (Å²) in [5, 5.41) is 2.98. The number of ether oxygens (including phenoxy) is 2. The number of carbonyl (C=O) groups is 2. The van der Waals surface area contributed by atoms with Crippen LogP contribution in [0, 0.1) is 0 Å². The van der Waals surface area contributed by atoms with E-state index in [1.807, 2.05) is 24.3 Å². The van der Waals surface area contributed by atoms with Gasteiger partial charge in [-0.1, -0.05) is 6.07 Å². The number of piperazine rings is 1. The zero-order chi connectivity index (χ0) is 23.5. The van der Waals surface area contributed by atoms with Gasteiger partial charge in [0.1, 0.15) is 12.1 Å². The standard InChI is InChI=1S/C23H25N7O4/c1-16(31)28-8-9-30(21-4-5-25-23(27-21)29-7-6-24-14-29)18(13-28)11-22(32)26-12-17-2-3-19-20(10-17)34-15-33-19/h2-7,10,14,18H,8-9,11-13,15H2,1H3,(H,26,32). The summed E-state index contributed by atoms with van der Waals surface area (Å²) in [5.41, 5.74) is 0.921. The number of rotatable bonds is 6. The highest BCUT2D eigenvalue weighted by Gasteiger charge is 2.31. The monoisotopic (exact) mass is 463 g/mol. The van der Waals surface area contributed by atoms with Crippen LogP contribution in [0.5, 0.6) is 11.5 Å². The number of benzene rings is 1. The number of carbonyl (C=O) groups excluding carboxylic acids is 2. The summed E-state index contributed by atoms with van der Waals surface area (Å²) in [6, 6.07) is 7.20. The van der Waals surface area contributed by atoms with E-state index in [9.17, 15) is 9.59 Å². The zero-order valence-electron chi connectivity index (χ0n) is 18.8. The van der Waals surface area contributed by atoms with Crippen LogP contribution in [0.2, 0.25) is 0 Å². The molecule has 3 aromatic rings. The Morgan fingerprint density at radius 3 is 2.85 bits per heavy atom. The van der Waals surface area contributed by atoms with Gasteiger partial charge < -0.3 is 24.6 Å². The lowest BCUT2D eigenvalue weighted by molar-refractivity contribution is -0.130. The second-order valence-corrected chi connectivity index (χ2v) is 8.17. The molecular weight excluding hydrogens is 438 g/mol. The van der Waals surface area contributed by atoms with Crippen LogP contribution in [0.1, 0.15) is 18.9 Å². The third kappa shape index (κ3) is 4.63. The van der Waals surface area contributed by atoms with Gasteiger partial charge in [-0.15, -0.1) is 0 Å². The lowest BCUT2D eigenvalue weighted by Crippen LogP contribution is -2.56. The van der Waals surface area contributed by atoms with Crippen molar-refractivity contribution in [1.29, 1.82) is 0 Å². The molecule has 2 aromatic heterocycles. The van der Waals surface area contributed by atoms with Crippen molar-refractivity contribution in [1.82, 2.24) is 29.7 Å². The van der Waals surface area contributed by atoms with Crippen molar-refractivity contribution in [3.8, 4) is 17.4 Å². The van der Waals surface area contributed by atoms with Gasteiger partial charge in [0.15, 0.2) is 11.5 Å². The Labute approximate surface area is 196 Å². The van der Waals surface area contributed by atoms with Crippen molar-refractivity contribution in [2.75, 3.05) is 31.3 Å². The van der Waals surface area contributed by atoms with Gasteiger partial charge in [0.25, 0.3) is 0 Å². The lowest BCUT2D eigenvalue weighted by Gasteiger charge is -2.41. The van der Waals surface area contributed by atoms with E-state index in [1.165, 1.54) is 0 Å². The second-order valence-electron chi connectivity index (χ2n) is 8.17. The van der Waals surface area contributed by atoms with Crippen LogP contribution < -0.4 is 19.7 Å². The Balaban J connectivity index is 1.29. The zero-order valence-corrected chi connectivity index (χ0v) is 18.8. The molecular formula is C23H25N7O4. The first kappa shape index (κ1) is 21.7. The van der Waals surface area contributed by atoms with E-state index in [4.69, 9.17) is 9.47 Å². The number of hydrogen-bond acceptors (Lipinski definition) is 8. The molecule has 0 bridgehead atoms. The van der Waals surface area contributed by atoms with Crippen LogP contribution in [0.25, 0.3) is 5.95 Å². The Morgan fingerprint density at radius 1 is 1.15 bits per heavy atom. The van der Waals surface area contributed by atoms with Crippen molar-refractivity contribution in [2.24, 2.45) is 0 Å². The van der Waals surface area contributed by atoms with Crippen molar-refractivity contribution in [2.45, 2.75) is 25.9 Å². The highest BCUT2D eigenvalue weighted by molar-refractivity contribution is 5.78. The fourth-order valence-electron chi connectivity index (χ4n) is 4.16. The van der Waals surface area contributed by atoms with Gasteiger partial charge in [-0.3, -0.25) is 14.2 Å². The molecule has 4 heterocycles. The molecule has 1 N–H and O–H groups in total. The van der Waals surface area contributed by atoms with E-state index in [0.717, 1.165) is 5.56 Å². The first-order chi connectivity index (χ1) is 16.6. The van der Waals surface area contributed by atoms with Gasteiger partial charge in [-0.25, -0.2) is 9.97 Å². The van der Waals surface area contributed by atoms with Gasteiger partial charge in [0.2, 0.25) is 24.6 Å². The van der Waals surface area contributed by atoms with E-state index in [2.05, 4.69) is 25.2 Å². The highest BCUT2D eigenvalue weighted by Crippen LogP contribution is 2.32. The molecule has 34 heavy (non-hydrogen) atoms. The Bertz CT molecular complexity index is 1180. The van der Waals surface area contributed by atoms with Gasteiger partial charge in [0, 0.05) is 58.1 Å². The Morgan fingerprint density at radius 2 is 2.03 bits per heavy atom. The molecule has 5 rings (SSSR count). The molecule has 1 fully saturated rings. The summed E-state index contributed by atoms with van der Waals surface area (Å²) >= 11 is 0. The van der Waals surface area contributed by atoms with E-state index in [-0.39, 0.29) is 31.1 Å². The lowest BCUT2D eigenvalue weighted by atomic mass is 10.1. The van der Waals surface area contributed by atoms with Gasteiger partial charge in [0.05, 0.1) is 6.04 Å². The molecule has 1 saturated heterocycles. The van der Waals surface area contributed by atoms with Crippen molar-refractivity contribution >= 4 is 17.6 Å². The van der Waals surface area contributed by atoms with Crippen LogP contribution in [0.4, 0.5) is 5.82 Å². The number of amides is 2. The van der Waals surface area contributed by atoms with E-state index < -0.39 is 0 Å². The van der Waals surface area contributed by atoms with Crippen molar-refractivity contribution in [3.63, 3.8) is 0 Å². The van der Waals surface area contributed by atoms with Crippen LogP contribution >= 0.6 is 0 Å². The molecule has 2 amide bonds. The summed E-state index contributed by atoms with van der Waals surface area (Å²) in [7, 11) is 0. The summed E-state index contributed by atoms with van der Waals surface area (Å²) in [4.78, 5) is 41.8. The van der Waals surface area contributed by atoms with Crippen molar-refractivity contribution in [3.05, 3.63) is 54.7 Å². The van der Waals surface area contributed by atoms with Crippen LogP contribution in [-0.4, -0.2) is 68.7 Å². The average Bonchev–Trinajstić information content (AvgIpc) is 3.55. The molecule has 2 aliphatic rings. The molecule has 0 radical (unpaired) electrons. The summed E-state index contributed by atoms with van der Waals surface area (Å²) in [6.45, 7) is 3.71. The van der Waals surface area contributed by atoms with E-state index >= 15 is 0 Å². The minimum absolute atomic E-state index is 0.00721. The maximum absolute atomic E-state index is 12.9. The van der Waals surface area contributed by atoms with Crippen LogP contribution in [0.3, 0.4) is 0 Å². The highest BCUT2D eigenvalue weighted by atomic mass is 16.7. The first-order valence-corrected chi connectivity index (χ1v) is 11.1. The number of anilines is 1. The second kappa shape index (κ2) is 9.38. The smallest absolute Gasteiger partial charge is 0.236 e. The molecule has 0 aliphatic carbocycles. The molecule has 0 spiro atoms. The Kier molecular flexibility index (Phi) is 5.98. The SMILES string of the molecule is CC(=O)N1CCN(c2ccnc(-n3ccnc3)n2)C(CC(=O)NCc2ccc3c(c2)OCO3)C1. The Hall–Kier alpha value is -4.15. The fourth-order valence-corrected chi connectivity index (χ4v) is 4.16. The molecule has 1 atom stereocenters. The topological polar surface area (TPSA) is 115 Å². The molecule has 11 heteroatoms. The summed E-state index contributed by atoms with van der Waals surface area (Å²) in [5.74, 6) is 2.47. The first-order valence-electron chi connectivity index (χ1n) is 11.1. The quantitative estimate of drug-likeness (QED) is 0.579. The number of aromatic nitrogens is 4. The van der Waals surface area contributed by atoms with Crippen molar-refractivity contribution < 1.29 is 19.1 Å². The third-order valence-corrected chi connectivity index (χ3v) is 5.93. The number of fused-ring (bicyclic) bond motifs is 1. The molecule has 0 saturated carbocycles. The predicted octanol–water partition coefficient (Wildman–Crippen LogP) is 1.13. The minimum atomic E-state index is -0.222. The summed E-state index contributed by atoms with van der Waals surface area (Å²) < 4.78 is 12.5. The number of hydrogen-bond donors (Lipinski definition) is 1. The van der Waals surface area contributed by atoms with Gasteiger partial charge >= 0.3 is 0 Å². The fraction of sp³-hybridized carbons (Fsp3) is 0.348. The number of nitrogens with one attached hydrogen (secondary N) is 1. The molecule has 2 aliphatic heterocycles. The summed E-state index contributed by atoms with van der Waals surface area (Å²) in [6.07, 6.45) is 6.97. The van der Waals surface area contributed by atoms with Gasteiger partial charge in [-0.05, 0) is 23.8 Å². The number of nitrogens with zero attached hydrogens (tertiary/aromatic N) is 6. The average molecular weight is 463 g/mol. The van der Waals surface area contributed by atoms with Gasteiger partial charge in [-0.2, -0.15) is 4.98 Å². The number of imidazole rings is 1. The van der Waals surface area contributed by atoms with E-state index in [1.54, 1.807) is 41.3 Å². The largest absolute Gasteiger partial charge is 0.454 e. The van der Waals surface area contributed by atoms with Crippen LogP contribution in [0.15, 0.2) is 49.2 Å². The molecule has 11 nitrogen and oxygen atoms in total. The third-order valence-electron chi connectivity index (χ3n) is 5.93. The maximum Gasteiger partial charge on any atom is 0.236 e. The molecule has 1 aromatic carbocycles. The predicted molar refractivity (Wildman–Crippen MR) is 122 cm³/mol. The van der Waals surface area contributed by atoms with Crippen LogP contribution in [-0.2, 0) is 16.1 Å². The normalized spacial score (nSPS) is 17.0. The molecule has 1 unspecified atom stereocenters. The maximum atomic E-state index is 12.9. The minimum Gasteiger partial charge on any atom is -0.454 e.